The molecule has 1 heterocycles. The molecule has 1 aromatic heterocycles. The Hall–Kier alpha value is -3.38. The van der Waals surface area contributed by atoms with E-state index in [0.29, 0.717) is 17.7 Å². The Kier molecular flexibility index (Phi) is 6.37. The van der Waals surface area contributed by atoms with Crippen molar-refractivity contribution in [3.8, 4) is 11.1 Å². The van der Waals surface area contributed by atoms with Crippen LogP contribution in [-0.4, -0.2) is 23.5 Å². The number of amides is 1. The normalized spacial score (nSPS) is 12.3. The van der Waals surface area contributed by atoms with Crippen molar-refractivity contribution in [3.05, 3.63) is 78.3 Å². The van der Waals surface area contributed by atoms with Crippen molar-refractivity contribution in [3.63, 3.8) is 0 Å². The van der Waals surface area contributed by atoms with Gasteiger partial charge in [0.25, 0.3) is 0 Å². The van der Waals surface area contributed by atoms with Gasteiger partial charge in [-0.05, 0) is 68.7 Å². The highest BCUT2D eigenvalue weighted by atomic mass is 16.6. The monoisotopic (exact) mass is 406 g/mol. The van der Waals surface area contributed by atoms with Crippen LogP contribution in [0.15, 0.2) is 71.5 Å². The molecule has 0 aliphatic carbocycles. The molecule has 156 valence electrons. The number of esters is 1. The SMILES string of the molecule is CC(C)(C)OC(=O)c1ccc(NC(=O)C(N)Cc2ccc(-c3ccoc3)cc2)cc1. The van der Waals surface area contributed by atoms with Crippen LogP contribution >= 0.6 is 0 Å². The zero-order chi connectivity index (χ0) is 21.7. The predicted molar refractivity (Wildman–Crippen MR) is 116 cm³/mol. The van der Waals surface area contributed by atoms with Crippen molar-refractivity contribution in [2.24, 2.45) is 5.73 Å². The molecule has 1 unspecified atom stereocenters. The molecule has 6 nitrogen and oxygen atoms in total. The zero-order valence-corrected chi connectivity index (χ0v) is 17.3. The van der Waals surface area contributed by atoms with Gasteiger partial charge >= 0.3 is 5.97 Å². The minimum absolute atomic E-state index is 0.293. The summed E-state index contributed by atoms with van der Waals surface area (Å²) in [5.41, 5.74) is 9.50. The Morgan fingerprint density at radius 2 is 1.67 bits per heavy atom. The smallest absolute Gasteiger partial charge is 0.338 e. The molecule has 0 saturated heterocycles. The third-order valence-corrected chi connectivity index (χ3v) is 4.39. The van der Waals surface area contributed by atoms with E-state index in [9.17, 15) is 9.59 Å². The second-order valence-corrected chi connectivity index (χ2v) is 8.09. The lowest BCUT2D eigenvalue weighted by molar-refractivity contribution is -0.117. The van der Waals surface area contributed by atoms with E-state index >= 15 is 0 Å². The Morgan fingerprint density at radius 1 is 1.00 bits per heavy atom. The summed E-state index contributed by atoms with van der Waals surface area (Å²) in [6.45, 7) is 5.43. The molecule has 0 aliphatic heterocycles. The second kappa shape index (κ2) is 8.97. The maximum absolute atomic E-state index is 12.4. The Balaban J connectivity index is 1.55. The first kappa shape index (κ1) is 21.3. The number of anilines is 1. The van der Waals surface area contributed by atoms with E-state index in [-0.39, 0.29) is 5.91 Å². The van der Waals surface area contributed by atoms with Gasteiger partial charge in [0, 0.05) is 11.3 Å². The van der Waals surface area contributed by atoms with Gasteiger partial charge in [0.15, 0.2) is 0 Å². The third kappa shape index (κ3) is 5.81. The molecule has 1 atom stereocenters. The molecule has 3 N–H and O–H groups in total. The molecule has 2 aromatic carbocycles. The average Bonchev–Trinajstić information content (AvgIpc) is 3.22. The lowest BCUT2D eigenvalue weighted by Gasteiger charge is -2.19. The van der Waals surface area contributed by atoms with Crippen LogP contribution in [0.25, 0.3) is 11.1 Å². The number of ether oxygens (including phenoxy) is 1. The van der Waals surface area contributed by atoms with E-state index in [1.807, 2.05) is 51.1 Å². The van der Waals surface area contributed by atoms with Crippen LogP contribution in [-0.2, 0) is 16.0 Å². The van der Waals surface area contributed by atoms with E-state index in [1.54, 1.807) is 36.8 Å². The van der Waals surface area contributed by atoms with Gasteiger partial charge in [0.05, 0.1) is 24.1 Å². The van der Waals surface area contributed by atoms with Crippen molar-refractivity contribution in [1.29, 1.82) is 0 Å². The summed E-state index contributed by atoms with van der Waals surface area (Å²) in [7, 11) is 0. The van der Waals surface area contributed by atoms with E-state index < -0.39 is 17.6 Å². The van der Waals surface area contributed by atoms with E-state index in [2.05, 4.69) is 5.32 Å². The summed E-state index contributed by atoms with van der Waals surface area (Å²) in [5.74, 6) is -0.699. The van der Waals surface area contributed by atoms with Crippen LogP contribution in [0.1, 0.15) is 36.7 Å². The Morgan fingerprint density at radius 3 is 2.23 bits per heavy atom. The molecule has 0 saturated carbocycles. The number of hydrogen-bond acceptors (Lipinski definition) is 5. The number of hydrogen-bond donors (Lipinski definition) is 2. The first-order valence-corrected chi connectivity index (χ1v) is 9.73. The molecule has 0 aliphatic rings. The van der Waals surface area contributed by atoms with E-state index in [4.69, 9.17) is 14.9 Å². The van der Waals surface area contributed by atoms with Gasteiger partial charge in [-0.15, -0.1) is 0 Å². The number of furan rings is 1. The summed E-state index contributed by atoms with van der Waals surface area (Å²) in [5, 5.41) is 2.78. The van der Waals surface area contributed by atoms with Gasteiger partial charge < -0.3 is 20.2 Å². The molecule has 30 heavy (non-hydrogen) atoms. The van der Waals surface area contributed by atoms with Crippen LogP contribution in [0.3, 0.4) is 0 Å². The Bertz CT molecular complexity index is 985. The summed E-state index contributed by atoms with van der Waals surface area (Å²) >= 11 is 0. The fraction of sp³-hybridized carbons (Fsp3) is 0.250. The first-order valence-electron chi connectivity index (χ1n) is 9.73. The summed E-state index contributed by atoms with van der Waals surface area (Å²) in [6.07, 6.45) is 3.72. The highest BCUT2D eigenvalue weighted by Crippen LogP contribution is 2.20. The van der Waals surface area contributed by atoms with Crippen LogP contribution in [0.5, 0.6) is 0 Å². The molecule has 0 spiro atoms. The van der Waals surface area contributed by atoms with Gasteiger partial charge in [-0.25, -0.2) is 4.79 Å². The summed E-state index contributed by atoms with van der Waals surface area (Å²) < 4.78 is 10.4. The predicted octanol–water partition coefficient (Wildman–Crippen LogP) is 4.41. The maximum atomic E-state index is 12.4. The highest BCUT2D eigenvalue weighted by molar-refractivity contribution is 5.96. The number of nitrogens with two attached hydrogens (primary N) is 1. The third-order valence-electron chi connectivity index (χ3n) is 4.39. The highest BCUT2D eigenvalue weighted by Gasteiger charge is 2.18. The fourth-order valence-electron chi connectivity index (χ4n) is 2.87. The van der Waals surface area contributed by atoms with Crippen molar-refractivity contribution in [2.45, 2.75) is 38.8 Å². The number of benzene rings is 2. The fourth-order valence-corrected chi connectivity index (χ4v) is 2.87. The number of rotatable bonds is 6. The quantitative estimate of drug-likeness (QED) is 0.591. The molecule has 0 bridgehead atoms. The molecule has 3 aromatic rings. The van der Waals surface area contributed by atoms with Gasteiger partial charge in [-0.2, -0.15) is 0 Å². The van der Waals surface area contributed by atoms with E-state index in [1.165, 1.54) is 0 Å². The molecule has 3 rings (SSSR count). The lowest BCUT2D eigenvalue weighted by Crippen LogP contribution is -2.37. The minimum atomic E-state index is -0.699. The molecular weight excluding hydrogens is 380 g/mol. The number of carbonyl (C=O) groups excluding carboxylic acids is 2. The lowest BCUT2D eigenvalue weighted by atomic mass is 10.0. The van der Waals surface area contributed by atoms with Crippen molar-refractivity contribution in [1.82, 2.24) is 0 Å². The van der Waals surface area contributed by atoms with Gasteiger partial charge in [0.2, 0.25) is 5.91 Å². The topological polar surface area (TPSA) is 94.6 Å². The van der Waals surface area contributed by atoms with Crippen LogP contribution in [0, 0.1) is 0 Å². The number of nitrogens with one attached hydrogen (secondary N) is 1. The summed E-state index contributed by atoms with van der Waals surface area (Å²) in [6, 6.07) is 15.6. The first-order chi connectivity index (χ1) is 14.2. The van der Waals surface area contributed by atoms with Crippen LogP contribution < -0.4 is 11.1 Å². The maximum Gasteiger partial charge on any atom is 0.338 e. The van der Waals surface area contributed by atoms with Crippen molar-refractivity contribution < 1.29 is 18.7 Å². The van der Waals surface area contributed by atoms with E-state index in [0.717, 1.165) is 16.7 Å². The van der Waals surface area contributed by atoms with Gasteiger partial charge in [-0.1, -0.05) is 24.3 Å². The molecular formula is C24H26N2O4. The minimum Gasteiger partial charge on any atom is -0.472 e. The van der Waals surface area contributed by atoms with Crippen LogP contribution in [0.4, 0.5) is 5.69 Å². The number of carbonyl (C=O) groups is 2. The molecule has 0 radical (unpaired) electrons. The second-order valence-electron chi connectivity index (χ2n) is 8.09. The zero-order valence-electron chi connectivity index (χ0n) is 17.3. The van der Waals surface area contributed by atoms with Crippen molar-refractivity contribution >= 4 is 17.6 Å². The molecule has 0 fully saturated rings. The molecule has 6 heteroatoms. The average molecular weight is 406 g/mol. The van der Waals surface area contributed by atoms with Gasteiger partial charge in [-0.3, -0.25) is 4.79 Å². The standard InChI is InChI=1S/C24H26N2O4/c1-24(2,3)30-23(28)18-8-10-20(11-9-18)26-22(27)21(25)14-16-4-6-17(7-5-16)19-12-13-29-15-19/h4-13,15,21H,14,25H2,1-3H3,(H,26,27). The van der Waals surface area contributed by atoms with Crippen molar-refractivity contribution in [2.75, 3.05) is 5.32 Å². The van der Waals surface area contributed by atoms with Crippen LogP contribution in [0.2, 0.25) is 0 Å². The largest absolute Gasteiger partial charge is 0.472 e. The molecule has 1 amide bonds. The summed E-state index contributed by atoms with van der Waals surface area (Å²) in [4.78, 5) is 24.5. The van der Waals surface area contributed by atoms with Gasteiger partial charge in [0.1, 0.15) is 5.60 Å². The Labute approximate surface area is 176 Å².